The van der Waals surface area contributed by atoms with Crippen LogP contribution in [0.25, 0.3) is 10.9 Å². The van der Waals surface area contributed by atoms with Gasteiger partial charge in [0.25, 0.3) is 10.0 Å². The number of hydrogen-bond acceptors (Lipinski definition) is 6. The molecule has 1 N–H and O–H groups in total. The molecule has 0 saturated carbocycles. The Balaban J connectivity index is 1.30. The van der Waals surface area contributed by atoms with Gasteiger partial charge < -0.3 is 9.47 Å². The molecule has 8 nitrogen and oxygen atoms in total. The quantitative estimate of drug-likeness (QED) is 0.444. The second kappa shape index (κ2) is 8.19. The Labute approximate surface area is 193 Å². The molecule has 32 heavy (non-hydrogen) atoms. The number of aromatic nitrogens is 3. The van der Waals surface area contributed by atoms with E-state index in [1.165, 1.54) is 12.4 Å². The Morgan fingerprint density at radius 1 is 1.19 bits per heavy atom. The fraction of sp³-hybridized carbons (Fsp3) is 0.190. The lowest BCUT2D eigenvalue weighted by atomic mass is 10.2. The third-order valence-electron chi connectivity index (χ3n) is 5.44. The van der Waals surface area contributed by atoms with Crippen molar-refractivity contribution in [1.82, 2.24) is 13.9 Å². The van der Waals surface area contributed by atoms with Crippen molar-refractivity contribution in [2.24, 2.45) is 0 Å². The molecule has 0 saturated heterocycles. The van der Waals surface area contributed by atoms with Crippen LogP contribution in [0.15, 0.2) is 59.9 Å². The van der Waals surface area contributed by atoms with Gasteiger partial charge in [-0.25, -0.2) is 13.4 Å². The van der Waals surface area contributed by atoms with E-state index < -0.39 is 10.0 Å². The zero-order valence-corrected chi connectivity index (χ0v) is 19.1. The lowest BCUT2D eigenvalue weighted by Crippen LogP contribution is -2.29. The van der Waals surface area contributed by atoms with Gasteiger partial charge in [0.05, 0.1) is 4.90 Å². The monoisotopic (exact) mass is 487 g/mol. The number of aryl methyl sites for hydroxylation is 1. The maximum atomic E-state index is 12.9. The molecule has 3 heterocycles. The Bertz CT molecular complexity index is 1420. The fourth-order valence-corrected chi connectivity index (χ4v) is 5.81. The van der Waals surface area contributed by atoms with E-state index in [0.29, 0.717) is 31.0 Å². The van der Waals surface area contributed by atoms with E-state index >= 15 is 0 Å². The molecule has 0 bridgehead atoms. The van der Waals surface area contributed by atoms with E-state index in [1.807, 2.05) is 35.0 Å². The highest BCUT2D eigenvalue weighted by atomic mass is 35.5. The Morgan fingerprint density at radius 3 is 2.88 bits per heavy atom. The molecule has 1 amide bonds. The van der Waals surface area contributed by atoms with E-state index in [0.717, 1.165) is 33.7 Å². The average Bonchev–Trinajstić information content (AvgIpc) is 3.51. The predicted molar refractivity (Wildman–Crippen MR) is 125 cm³/mol. The Hall–Kier alpha value is -2.95. The highest BCUT2D eigenvalue weighted by Gasteiger charge is 2.27. The summed E-state index contributed by atoms with van der Waals surface area (Å²) in [5.74, 6) is 0.00200. The molecule has 0 aliphatic carbocycles. The average molecular weight is 488 g/mol. The van der Waals surface area contributed by atoms with Gasteiger partial charge in [-0.15, -0.1) is 0 Å². The van der Waals surface area contributed by atoms with Crippen molar-refractivity contribution in [3.8, 4) is 0 Å². The smallest absolute Gasteiger partial charge is 0.263 e. The molecular formula is C21H18ClN5O3S2. The summed E-state index contributed by atoms with van der Waals surface area (Å²) in [6.07, 6.45) is 4.19. The topological polar surface area (TPSA) is 97.2 Å². The van der Waals surface area contributed by atoms with Gasteiger partial charge in [-0.05, 0) is 54.4 Å². The molecular weight excluding hydrogens is 470 g/mol. The SMILES string of the molecule is O=C(CCn1ccc2cc(Cl)ccc21)N1CCc2cc(S(=O)(=O)Nc3ncns3)ccc21. The minimum Gasteiger partial charge on any atom is -0.347 e. The third kappa shape index (κ3) is 3.96. The third-order valence-corrected chi connectivity index (χ3v) is 7.72. The Morgan fingerprint density at radius 2 is 2.06 bits per heavy atom. The molecule has 0 spiro atoms. The minimum atomic E-state index is -3.76. The van der Waals surface area contributed by atoms with Gasteiger partial charge >= 0.3 is 0 Å². The molecule has 164 valence electrons. The van der Waals surface area contributed by atoms with Crippen LogP contribution in [-0.2, 0) is 27.8 Å². The molecule has 0 atom stereocenters. The first-order valence-electron chi connectivity index (χ1n) is 9.88. The van der Waals surface area contributed by atoms with Gasteiger partial charge in [-0.2, -0.15) is 4.37 Å². The number of fused-ring (bicyclic) bond motifs is 2. The first kappa shape index (κ1) is 20.9. The molecule has 5 rings (SSSR count). The summed E-state index contributed by atoms with van der Waals surface area (Å²) in [4.78, 5) is 18.7. The number of nitrogens with one attached hydrogen (secondary N) is 1. The van der Waals surface area contributed by atoms with Crippen LogP contribution in [0.2, 0.25) is 5.02 Å². The van der Waals surface area contributed by atoms with E-state index in [9.17, 15) is 13.2 Å². The lowest BCUT2D eigenvalue weighted by Gasteiger charge is -2.18. The molecule has 0 radical (unpaired) electrons. The summed E-state index contributed by atoms with van der Waals surface area (Å²) in [6, 6.07) is 12.5. The fourth-order valence-electron chi connectivity index (χ4n) is 3.91. The van der Waals surface area contributed by atoms with Crippen LogP contribution in [0.5, 0.6) is 0 Å². The first-order valence-corrected chi connectivity index (χ1v) is 12.5. The molecule has 2 aromatic carbocycles. The maximum Gasteiger partial charge on any atom is 0.263 e. The van der Waals surface area contributed by atoms with Crippen molar-refractivity contribution in [1.29, 1.82) is 0 Å². The van der Waals surface area contributed by atoms with Crippen LogP contribution in [0.4, 0.5) is 10.8 Å². The van der Waals surface area contributed by atoms with Gasteiger partial charge in [0.2, 0.25) is 11.0 Å². The van der Waals surface area contributed by atoms with E-state index in [4.69, 9.17) is 11.6 Å². The largest absolute Gasteiger partial charge is 0.347 e. The van der Waals surface area contributed by atoms with Crippen LogP contribution < -0.4 is 9.62 Å². The van der Waals surface area contributed by atoms with Crippen molar-refractivity contribution >= 4 is 60.8 Å². The molecule has 0 unspecified atom stereocenters. The van der Waals surface area contributed by atoms with Gasteiger partial charge in [0.15, 0.2) is 0 Å². The highest BCUT2D eigenvalue weighted by molar-refractivity contribution is 7.93. The number of rotatable bonds is 6. The zero-order valence-electron chi connectivity index (χ0n) is 16.7. The molecule has 0 fully saturated rings. The summed E-state index contributed by atoms with van der Waals surface area (Å²) in [5.41, 5.74) is 2.62. The molecule has 4 aromatic rings. The number of nitrogens with zero attached hydrogens (tertiary/aromatic N) is 4. The number of anilines is 2. The van der Waals surface area contributed by atoms with Crippen LogP contribution in [-0.4, -0.2) is 34.8 Å². The summed E-state index contributed by atoms with van der Waals surface area (Å²) in [7, 11) is -3.76. The summed E-state index contributed by atoms with van der Waals surface area (Å²) < 4.78 is 33.5. The number of sulfonamides is 1. The minimum absolute atomic E-state index is 0.00200. The molecule has 11 heteroatoms. The van der Waals surface area contributed by atoms with Crippen molar-refractivity contribution in [2.75, 3.05) is 16.2 Å². The second-order valence-corrected chi connectivity index (χ2v) is 10.3. The van der Waals surface area contributed by atoms with Crippen molar-refractivity contribution in [3.05, 3.63) is 65.6 Å². The van der Waals surface area contributed by atoms with Crippen LogP contribution in [0.1, 0.15) is 12.0 Å². The Kier molecular flexibility index (Phi) is 5.36. The van der Waals surface area contributed by atoms with Gasteiger partial charge in [0.1, 0.15) is 6.33 Å². The summed E-state index contributed by atoms with van der Waals surface area (Å²) in [6.45, 7) is 1.08. The van der Waals surface area contributed by atoms with Crippen molar-refractivity contribution in [3.63, 3.8) is 0 Å². The van der Waals surface area contributed by atoms with Crippen LogP contribution in [0, 0.1) is 0 Å². The van der Waals surface area contributed by atoms with Crippen LogP contribution in [0.3, 0.4) is 0 Å². The molecule has 1 aliphatic rings. The van der Waals surface area contributed by atoms with Crippen LogP contribution >= 0.6 is 23.1 Å². The number of halogens is 1. The number of carbonyl (C=O) groups excluding carboxylic acids is 1. The zero-order chi connectivity index (χ0) is 22.3. The van der Waals surface area contributed by atoms with Gasteiger partial charge in [-0.1, -0.05) is 11.6 Å². The first-order chi connectivity index (χ1) is 15.4. The standard InChI is InChI=1S/C21H18ClN5O3S2/c22-16-1-3-18-14(11-16)5-8-26(18)9-7-20(28)27-10-6-15-12-17(2-4-19(15)27)32(29,30)25-21-23-13-24-31-21/h1-5,8,11-13H,6-7,9-10H2,(H,23,24,25). The lowest BCUT2D eigenvalue weighted by molar-refractivity contribution is -0.118. The van der Waals surface area contributed by atoms with Gasteiger partial charge in [0, 0.05) is 58.9 Å². The highest BCUT2D eigenvalue weighted by Crippen LogP contribution is 2.31. The van der Waals surface area contributed by atoms with E-state index in [2.05, 4.69) is 14.1 Å². The molecule has 1 aliphatic heterocycles. The number of benzene rings is 2. The summed E-state index contributed by atoms with van der Waals surface area (Å²) >= 11 is 7.01. The molecule has 2 aromatic heterocycles. The van der Waals surface area contributed by atoms with Gasteiger partial charge in [-0.3, -0.25) is 9.52 Å². The number of amides is 1. The van der Waals surface area contributed by atoms with Crippen molar-refractivity contribution < 1.29 is 13.2 Å². The number of hydrogen-bond donors (Lipinski definition) is 1. The number of carbonyl (C=O) groups is 1. The van der Waals surface area contributed by atoms with E-state index in [1.54, 1.807) is 17.0 Å². The normalized spacial score (nSPS) is 13.5. The predicted octanol–water partition coefficient (Wildman–Crippen LogP) is 3.93. The van der Waals surface area contributed by atoms with E-state index in [-0.39, 0.29) is 15.9 Å². The maximum absolute atomic E-state index is 12.9. The summed E-state index contributed by atoms with van der Waals surface area (Å²) in [5, 5.41) is 1.93. The van der Waals surface area contributed by atoms with Crippen molar-refractivity contribution in [2.45, 2.75) is 24.3 Å². The second-order valence-electron chi connectivity index (χ2n) is 7.40.